The molecule has 0 aromatic rings. The average molecular weight is 173 g/mol. The molecule has 1 N–H and O–H groups in total. The zero-order valence-electron chi connectivity index (χ0n) is 7.50. The summed E-state index contributed by atoms with van der Waals surface area (Å²) in [7, 11) is 3.03. The fourth-order valence-electron chi connectivity index (χ4n) is 1.50. The number of nitrogens with one attached hydrogen (secondary N) is 1. The van der Waals surface area contributed by atoms with E-state index in [0.29, 0.717) is 0 Å². The van der Waals surface area contributed by atoms with E-state index in [1.807, 2.05) is 0 Å². The van der Waals surface area contributed by atoms with Crippen molar-refractivity contribution in [1.29, 1.82) is 0 Å². The lowest BCUT2D eigenvalue weighted by atomic mass is 9.95. The van der Waals surface area contributed by atoms with Crippen LogP contribution in [0, 0.1) is 5.92 Å². The molecule has 4 heteroatoms. The smallest absolute Gasteiger partial charge is 0.311 e. The monoisotopic (exact) mass is 173 g/mol. The second-order valence-corrected chi connectivity index (χ2v) is 2.90. The molecule has 2 atom stereocenters. The number of esters is 1. The first-order valence-electron chi connectivity index (χ1n) is 4.11. The van der Waals surface area contributed by atoms with Crippen LogP contribution in [0.5, 0.6) is 0 Å². The second kappa shape index (κ2) is 4.42. The number of hydrogen-bond donors (Lipinski definition) is 1. The molecule has 1 heterocycles. The maximum Gasteiger partial charge on any atom is 0.311 e. The van der Waals surface area contributed by atoms with Crippen molar-refractivity contribution in [3.63, 3.8) is 0 Å². The Morgan fingerprint density at radius 1 is 1.50 bits per heavy atom. The number of hydrogen-bond acceptors (Lipinski definition) is 4. The van der Waals surface area contributed by atoms with Gasteiger partial charge >= 0.3 is 5.97 Å². The standard InChI is InChI=1S/C8H15NO3/c1-11-7-5-9-4-3-6(7)8(10)12-2/h6-7,9H,3-5H2,1-2H3/t6-,7+/m0/s1. The van der Waals surface area contributed by atoms with Crippen molar-refractivity contribution in [3.05, 3.63) is 0 Å². The van der Waals surface area contributed by atoms with Crippen LogP contribution in [0.25, 0.3) is 0 Å². The molecule has 1 aliphatic rings. The van der Waals surface area contributed by atoms with Gasteiger partial charge < -0.3 is 14.8 Å². The number of rotatable bonds is 2. The highest BCUT2D eigenvalue weighted by Crippen LogP contribution is 2.16. The van der Waals surface area contributed by atoms with Crippen LogP contribution in [-0.4, -0.2) is 39.4 Å². The molecule has 4 nitrogen and oxygen atoms in total. The highest BCUT2D eigenvalue weighted by molar-refractivity contribution is 5.73. The van der Waals surface area contributed by atoms with Crippen LogP contribution >= 0.6 is 0 Å². The van der Waals surface area contributed by atoms with E-state index >= 15 is 0 Å². The largest absolute Gasteiger partial charge is 0.469 e. The van der Waals surface area contributed by atoms with Gasteiger partial charge in [-0.15, -0.1) is 0 Å². The summed E-state index contributed by atoms with van der Waals surface area (Å²) in [5, 5.41) is 3.16. The molecule has 1 fully saturated rings. The van der Waals surface area contributed by atoms with Gasteiger partial charge in [0.05, 0.1) is 19.1 Å². The Labute approximate surface area is 72.2 Å². The number of ether oxygens (including phenoxy) is 2. The van der Waals surface area contributed by atoms with E-state index in [2.05, 4.69) is 10.1 Å². The number of methoxy groups -OCH3 is 2. The molecule has 0 radical (unpaired) electrons. The minimum absolute atomic E-state index is 0.0359. The van der Waals surface area contributed by atoms with E-state index < -0.39 is 0 Å². The van der Waals surface area contributed by atoms with Gasteiger partial charge in [-0.05, 0) is 13.0 Å². The summed E-state index contributed by atoms with van der Waals surface area (Å²) in [5.41, 5.74) is 0. The number of carbonyl (C=O) groups is 1. The maximum atomic E-state index is 11.2. The van der Waals surface area contributed by atoms with Crippen LogP contribution in [0.2, 0.25) is 0 Å². The number of carbonyl (C=O) groups excluding carboxylic acids is 1. The van der Waals surface area contributed by atoms with Crippen molar-refractivity contribution in [2.45, 2.75) is 12.5 Å². The Morgan fingerprint density at radius 3 is 2.83 bits per heavy atom. The molecule has 0 aromatic heterocycles. The molecule has 1 saturated heterocycles. The van der Waals surface area contributed by atoms with Gasteiger partial charge in [-0.2, -0.15) is 0 Å². The Kier molecular flexibility index (Phi) is 3.49. The zero-order chi connectivity index (χ0) is 8.97. The second-order valence-electron chi connectivity index (χ2n) is 2.90. The lowest BCUT2D eigenvalue weighted by Crippen LogP contribution is -2.45. The van der Waals surface area contributed by atoms with E-state index in [4.69, 9.17) is 4.74 Å². The first kappa shape index (κ1) is 9.48. The quantitative estimate of drug-likeness (QED) is 0.587. The van der Waals surface area contributed by atoms with E-state index in [1.54, 1.807) is 7.11 Å². The molecule has 70 valence electrons. The van der Waals surface area contributed by atoms with Crippen molar-refractivity contribution in [2.75, 3.05) is 27.3 Å². The van der Waals surface area contributed by atoms with Crippen molar-refractivity contribution in [1.82, 2.24) is 5.32 Å². The molecule has 0 bridgehead atoms. The van der Waals surface area contributed by atoms with Gasteiger partial charge in [-0.25, -0.2) is 0 Å². The SMILES string of the molecule is COC(=O)[C@H]1CCNC[C@H]1OC. The Morgan fingerprint density at radius 2 is 2.25 bits per heavy atom. The normalized spacial score (nSPS) is 29.8. The van der Waals surface area contributed by atoms with Crippen LogP contribution in [-0.2, 0) is 14.3 Å². The molecule has 0 unspecified atom stereocenters. The van der Waals surface area contributed by atoms with Gasteiger partial charge in [0, 0.05) is 13.7 Å². The first-order valence-corrected chi connectivity index (χ1v) is 4.11. The predicted octanol–water partition coefficient (Wildman–Crippen LogP) is -0.216. The average Bonchev–Trinajstić information content (AvgIpc) is 2.16. The van der Waals surface area contributed by atoms with Crippen LogP contribution in [0.15, 0.2) is 0 Å². The van der Waals surface area contributed by atoms with Gasteiger partial charge in [0.15, 0.2) is 0 Å². The van der Waals surface area contributed by atoms with E-state index in [9.17, 15) is 4.79 Å². The van der Waals surface area contributed by atoms with Crippen molar-refractivity contribution >= 4 is 5.97 Å². The third-order valence-corrected chi connectivity index (χ3v) is 2.23. The van der Waals surface area contributed by atoms with Crippen LogP contribution in [0.1, 0.15) is 6.42 Å². The fraction of sp³-hybridized carbons (Fsp3) is 0.875. The van der Waals surface area contributed by atoms with E-state index in [1.165, 1.54) is 7.11 Å². The lowest BCUT2D eigenvalue weighted by molar-refractivity contribution is -0.151. The molecule has 0 saturated carbocycles. The molecular weight excluding hydrogens is 158 g/mol. The fourth-order valence-corrected chi connectivity index (χ4v) is 1.50. The van der Waals surface area contributed by atoms with Crippen molar-refractivity contribution < 1.29 is 14.3 Å². The lowest BCUT2D eigenvalue weighted by Gasteiger charge is -2.28. The highest BCUT2D eigenvalue weighted by Gasteiger charge is 2.31. The third-order valence-electron chi connectivity index (χ3n) is 2.23. The van der Waals surface area contributed by atoms with Crippen LogP contribution < -0.4 is 5.32 Å². The molecule has 0 aromatic carbocycles. The first-order chi connectivity index (χ1) is 5.79. The topological polar surface area (TPSA) is 47.6 Å². The highest BCUT2D eigenvalue weighted by atomic mass is 16.5. The Hall–Kier alpha value is -0.610. The summed E-state index contributed by atoms with van der Waals surface area (Å²) in [6, 6.07) is 0. The molecule has 1 rings (SSSR count). The predicted molar refractivity (Wildman–Crippen MR) is 43.8 cm³/mol. The van der Waals surface area contributed by atoms with E-state index in [-0.39, 0.29) is 18.0 Å². The Bertz CT molecular complexity index is 160. The number of piperidine rings is 1. The maximum absolute atomic E-state index is 11.2. The minimum atomic E-state index is -0.164. The minimum Gasteiger partial charge on any atom is -0.469 e. The summed E-state index contributed by atoms with van der Waals surface area (Å²) < 4.78 is 9.84. The molecule has 0 amide bonds. The van der Waals surface area contributed by atoms with Gasteiger partial charge in [0.2, 0.25) is 0 Å². The van der Waals surface area contributed by atoms with E-state index in [0.717, 1.165) is 19.5 Å². The summed E-state index contributed by atoms with van der Waals surface area (Å²) >= 11 is 0. The summed E-state index contributed by atoms with van der Waals surface area (Å²) in [5.74, 6) is -0.260. The van der Waals surface area contributed by atoms with Crippen LogP contribution in [0.3, 0.4) is 0 Å². The van der Waals surface area contributed by atoms with Crippen molar-refractivity contribution in [2.24, 2.45) is 5.92 Å². The Balaban J connectivity index is 2.52. The molecular formula is C8H15NO3. The van der Waals surface area contributed by atoms with Gasteiger partial charge in [0.25, 0.3) is 0 Å². The molecule has 12 heavy (non-hydrogen) atoms. The molecule has 0 spiro atoms. The van der Waals surface area contributed by atoms with Gasteiger partial charge in [0.1, 0.15) is 0 Å². The molecule has 0 aliphatic carbocycles. The zero-order valence-corrected chi connectivity index (χ0v) is 7.50. The summed E-state index contributed by atoms with van der Waals surface area (Å²) in [4.78, 5) is 11.2. The van der Waals surface area contributed by atoms with Crippen LogP contribution in [0.4, 0.5) is 0 Å². The van der Waals surface area contributed by atoms with Crippen molar-refractivity contribution in [3.8, 4) is 0 Å². The van der Waals surface area contributed by atoms with Gasteiger partial charge in [-0.1, -0.05) is 0 Å². The summed E-state index contributed by atoms with van der Waals surface area (Å²) in [6.07, 6.45) is 0.761. The molecule has 1 aliphatic heterocycles. The van der Waals surface area contributed by atoms with Gasteiger partial charge in [-0.3, -0.25) is 4.79 Å². The third kappa shape index (κ3) is 1.95. The summed E-state index contributed by atoms with van der Waals surface area (Å²) in [6.45, 7) is 1.59.